The minimum absolute atomic E-state index is 0.104. The van der Waals surface area contributed by atoms with Crippen molar-refractivity contribution in [3.05, 3.63) is 23.8 Å². The molecule has 1 N–H and O–H groups in total. The number of rotatable bonds is 3. The van der Waals surface area contributed by atoms with Crippen LogP contribution in [0.4, 0.5) is 8.78 Å². The molecule has 0 bridgehead atoms. The molecule has 0 saturated carbocycles. The van der Waals surface area contributed by atoms with Crippen LogP contribution >= 0.6 is 0 Å². The lowest BCUT2D eigenvalue weighted by Gasteiger charge is -2.13. The fourth-order valence-electron chi connectivity index (χ4n) is 0.916. The van der Waals surface area contributed by atoms with Crippen LogP contribution in [0.5, 0.6) is 0 Å². The number of nitrogens with zero attached hydrogens (tertiary/aromatic N) is 2. The van der Waals surface area contributed by atoms with Crippen LogP contribution < -0.4 is 0 Å². The second kappa shape index (κ2) is 3.96. The van der Waals surface area contributed by atoms with E-state index in [9.17, 15) is 8.78 Å². The zero-order chi connectivity index (χ0) is 10.8. The maximum absolute atomic E-state index is 12.9. The van der Waals surface area contributed by atoms with Crippen LogP contribution in [0.3, 0.4) is 0 Å². The average Bonchev–Trinajstić information content (AvgIpc) is 2.18. The summed E-state index contributed by atoms with van der Waals surface area (Å²) in [4.78, 5) is 7.58. The molecule has 0 spiro atoms. The molecule has 1 aromatic heterocycles. The van der Waals surface area contributed by atoms with Gasteiger partial charge in [0, 0.05) is 18.3 Å². The SMILES string of the molecule is CC(C)c1ncc(C(F)(F)CO)cn1. The molecule has 14 heavy (non-hydrogen) atoms. The summed E-state index contributed by atoms with van der Waals surface area (Å²) in [6, 6.07) is 0. The lowest BCUT2D eigenvalue weighted by Crippen LogP contribution is -2.19. The van der Waals surface area contributed by atoms with Crippen molar-refractivity contribution in [1.82, 2.24) is 9.97 Å². The summed E-state index contributed by atoms with van der Waals surface area (Å²) in [7, 11) is 0. The molecule has 1 aromatic rings. The molecule has 0 radical (unpaired) electrons. The fourth-order valence-corrected chi connectivity index (χ4v) is 0.916. The van der Waals surface area contributed by atoms with Gasteiger partial charge in [-0.2, -0.15) is 8.78 Å². The minimum Gasteiger partial charge on any atom is -0.390 e. The molecule has 5 heteroatoms. The molecule has 0 saturated heterocycles. The smallest absolute Gasteiger partial charge is 0.298 e. The van der Waals surface area contributed by atoms with Crippen LogP contribution in [0, 0.1) is 0 Å². The second-order valence-corrected chi connectivity index (χ2v) is 3.35. The van der Waals surface area contributed by atoms with Crippen LogP contribution in [-0.4, -0.2) is 21.7 Å². The van der Waals surface area contributed by atoms with E-state index < -0.39 is 12.5 Å². The number of alkyl halides is 2. The van der Waals surface area contributed by atoms with E-state index in [1.54, 1.807) is 0 Å². The third-order valence-corrected chi connectivity index (χ3v) is 1.81. The van der Waals surface area contributed by atoms with E-state index in [2.05, 4.69) is 9.97 Å². The molecule has 0 unspecified atom stereocenters. The summed E-state index contributed by atoms with van der Waals surface area (Å²) in [5.74, 6) is -2.63. The van der Waals surface area contributed by atoms with Gasteiger partial charge in [-0.25, -0.2) is 9.97 Å². The largest absolute Gasteiger partial charge is 0.390 e. The molecule has 3 nitrogen and oxygen atoms in total. The number of hydrogen-bond acceptors (Lipinski definition) is 3. The summed E-state index contributed by atoms with van der Waals surface area (Å²) < 4.78 is 25.8. The number of halogens is 2. The highest BCUT2D eigenvalue weighted by Crippen LogP contribution is 2.26. The van der Waals surface area contributed by atoms with Gasteiger partial charge in [-0.1, -0.05) is 13.8 Å². The Hall–Kier alpha value is -1.10. The second-order valence-electron chi connectivity index (χ2n) is 3.35. The lowest BCUT2D eigenvalue weighted by molar-refractivity contribution is -0.0562. The summed E-state index contributed by atoms with van der Waals surface area (Å²) in [6.07, 6.45) is 2.11. The Bertz CT molecular complexity index is 298. The molecule has 0 aliphatic rings. The van der Waals surface area contributed by atoms with E-state index in [-0.39, 0.29) is 11.5 Å². The van der Waals surface area contributed by atoms with Crippen molar-refractivity contribution in [2.45, 2.75) is 25.7 Å². The standard InChI is InChI=1S/C9H12F2N2O/c1-6(2)8-12-3-7(4-13-8)9(10,11)5-14/h3-4,6,14H,5H2,1-2H3. The maximum Gasteiger partial charge on any atom is 0.298 e. The first-order chi connectivity index (χ1) is 6.47. The van der Waals surface area contributed by atoms with E-state index in [0.29, 0.717) is 5.82 Å². The van der Waals surface area contributed by atoms with Crippen LogP contribution in [0.15, 0.2) is 12.4 Å². The first kappa shape index (κ1) is 11.0. The van der Waals surface area contributed by atoms with Gasteiger partial charge < -0.3 is 5.11 Å². The first-order valence-electron chi connectivity index (χ1n) is 4.28. The summed E-state index contributed by atoms with van der Waals surface area (Å²) in [5, 5.41) is 8.42. The highest BCUT2D eigenvalue weighted by Gasteiger charge is 2.31. The fraction of sp³-hybridized carbons (Fsp3) is 0.556. The molecule has 0 amide bonds. The molecule has 1 rings (SSSR count). The van der Waals surface area contributed by atoms with E-state index >= 15 is 0 Å². The van der Waals surface area contributed by atoms with E-state index in [1.807, 2.05) is 13.8 Å². The van der Waals surface area contributed by atoms with Crippen molar-refractivity contribution in [2.75, 3.05) is 6.61 Å². The van der Waals surface area contributed by atoms with Crippen molar-refractivity contribution >= 4 is 0 Å². The maximum atomic E-state index is 12.9. The molecule has 0 aliphatic heterocycles. The van der Waals surface area contributed by atoms with Gasteiger partial charge in [0.1, 0.15) is 12.4 Å². The lowest BCUT2D eigenvalue weighted by atomic mass is 10.1. The number of aliphatic hydroxyl groups is 1. The van der Waals surface area contributed by atoms with E-state index in [1.165, 1.54) is 0 Å². The molecule has 78 valence electrons. The van der Waals surface area contributed by atoms with E-state index in [4.69, 9.17) is 5.11 Å². The van der Waals surface area contributed by atoms with Crippen molar-refractivity contribution in [2.24, 2.45) is 0 Å². The van der Waals surface area contributed by atoms with Gasteiger partial charge >= 0.3 is 0 Å². The highest BCUT2D eigenvalue weighted by atomic mass is 19.3. The van der Waals surface area contributed by atoms with Crippen molar-refractivity contribution < 1.29 is 13.9 Å². The normalized spacial score (nSPS) is 12.1. The van der Waals surface area contributed by atoms with Gasteiger partial charge in [-0.3, -0.25) is 0 Å². The molecule has 0 aliphatic carbocycles. The molecule has 0 atom stereocenters. The first-order valence-corrected chi connectivity index (χ1v) is 4.28. The average molecular weight is 202 g/mol. The Morgan fingerprint density at radius 3 is 2.21 bits per heavy atom. The molecule has 1 heterocycles. The highest BCUT2D eigenvalue weighted by molar-refractivity contribution is 5.13. The predicted octanol–water partition coefficient (Wildman–Crippen LogP) is 1.68. The third-order valence-electron chi connectivity index (χ3n) is 1.81. The van der Waals surface area contributed by atoms with Gasteiger partial charge in [0.25, 0.3) is 5.92 Å². The van der Waals surface area contributed by atoms with Gasteiger partial charge in [-0.05, 0) is 0 Å². The van der Waals surface area contributed by atoms with Gasteiger partial charge in [-0.15, -0.1) is 0 Å². The zero-order valence-electron chi connectivity index (χ0n) is 8.04. The van der Waals surface area contributed by atoms with Crippen molar-refractivity contribution in [3.8, 4) is 0 Å². The van der Waals surface area contributed by atoms with E-state index in [0.717, 1.165) is 12.4 Å². The van der Waals surface area contributed by atoms with Crippen LogP contribution in [0.2, 0.25) is 0 Å². The zero-order valence-corrected chi connectivity index (χ0v) is 8.04. The summed E-state index contributed by atoms with van der Waals surface area (Å²) in [5.41, 5.74) is -0.357. The predicted molar refractivity (Wildman–Crippen MR) is 47.1 cm³/mol. The molecular weight excluding hydrogens is 190 g/mol. The molecule has 0 aromatic carbocycles. The van der Waals surface area contributed by atoms with Gasteiger partial charge in [0.15, 0.2) is 0 Å². The molecular formula is C9H12F2N2O. The minimum atomic E-state index is -3.25. The third kappa shape index (κ3) is 2.23. The van der Waals surface area contributed by atoms with Crippen molar-refractivity contribution in [1.29, 1.82) is 0 Å². The van der Waals surface area contributed by atoms with Crippen LogP contribution in [-0.2, 0) is 5.92 Å². The van der Waals surface area contributed by atoms with Gasteiger partial charge in [0.2, 0.25) is 0 Å². The van der Waals surface area contributed by atoms with Gasteiger partial charge in [0.05, 0.1) is 5.56 Å². The van der Waals surface area contributed by atoms with Crippen LogP contribution in [0.1, 0.15) is 31.2 Å². The summed E-state index contributed by atoms with van der Waals surface area (Å²) in [6.45, 7) is 2.52. The Morgan fingerprint density at radius 2 is 1.86 bits per heavy atom. The number of hydrogen-bond donors (Lipinski definition) is 1. The topological polar surface area (TPSA) is 46.0 Å². The molecule has 0 fully saturated rings. The quantitative estimate of drug-likeness (QED) is 0.811. The van der Waals surface area contributed by atoms with Crippen LogP contribution in [0.25, 0.3) is 0 Å². The van der Waals surface area contributed by atoms with Crippen molar-refractivity contribution in [3.63, 3.8) is 0 Å². The Balaban J connectivity index is 2.94. The number of aliphatic hydroxyl groups excluding tert-OH is 1. The number of aromatic nitrogens is 2. The Kier molecular flexibility index (Phi) is 3.10. The monoisotopic (exact) mass is 202 g/mol. The summed E-state index contributed by atoms with van der Waals surface area (Å²) >= 11 is 0. The Morgan fingerprint density at radius 1 is 1.36 bits per heavy atom. The Labute approximate surface area is 80.8 Å².